The van der Waals surface area contributed by atoms with Crippen molar-refractivity contribution >= 4 is 23.6 Å². The molecule has 0 bridgehead atoms. The number of hydrogen-bond donors (Lipinski definition) is 1. The molecule has 1 saturated heterocycles. The Morgan fingerprint density at radius 1 is 1.55 bits per heavy atom. The molecule has 1 aliphatic rings. The zero-order valence-corrected chi connectivity index (χ0v) is 12.1. The molecule has 0 radical (unpaired) electrons. The molecule has 110 valence electrons. The van der Waals surface area contributed by atoms with Crippen molar-refractivity contribution in [2.24, 2.45) is 0 Å². The summed E-state index contributed by atoms with van der Waals surface area (Å²) in [4.78, 5) is 25.3. The summed E-state index contributed by atoms with van der Waals surface area (Å²) in [7, 11) is 1.60. The van der Waals surface area contributed by atoms with Crippen LogP contribution in [0.25, 0.3) is 0 Å². The molecule has 1 aliphatic heterocycles. The number of carbonyl (C=O) groups is 2. The normalized spacial score (nSPS) is 19.1. The molecule has 0 saturated carbocycles. The maximum atomic E-state index is 12.6. The fraction of sp³-hybridized carbons (Fsp3) is 0.538. The van der Waals surface area contributed by atoms with Gasteiger partial charge in [-0.25, -0.2) is 4.79 Å². The second-order valence-corrected chi connectivity index (χ2v) is 5.66. The first-order valence-electron chi connectivity index (χ1n) is 6.40. The van der Waals surface area contributed by atoms with Crippen molar-refractivity contribution in [3.8, 4) is 0 Å². The molecule has 7 heteroatoms. The highest BCUT2D eigenvalue weighted by molar-refractivity contribution is 7.99. The lowest BCUT2D eigenvalue weighted by molar-refractivity contribution is -0.141. The van der Waals surface area contributed by atoms with E-state index in [4.69, 9.17) is 4.74 Å². The van der Waals surface area contributed by atoms with E-state index in [9.17, 15) is 14.7 Å². The largest absolute Gasteiger partial charge is 0.480 e. The quantitative estimate of drug-likeness (QED) is 0.869. The number of aromatic nitrogens is 1. The van der Waals surface area contributed by atoms with Gasteiger partial charge in [-0.15, -0.1) is 0 Å². The van der Waals surface area contributed by atoms with Gasteiger partial charge in [0, 0.05) is 37.9 Å². The van der Waals surface area contributed by atoms with Crippen molar-refractivity contribution in [3.05, 3.63) is 24.0 Å². The number of aliphatic carboxylic acids is 1. The third-order valence-corrected chi connectivity index (χ3v) is 4.28. The van der Waals surface area contributed by atoms with E-state index in [1.54, 1.807) is 41.8 Å². The number of carboxylic acid groups (broad SMARTS) is 1. The van der Waals surface area contributed by atoms with Gasteiger partial charge in [-0.1, -0.05) is 0 Å². The lowest BCUT2D eigenvalue weighted by atomic mass is 10.2. The fourth-order valence-electron chi connectivity index (χ4n) is 2.19. The minimum absolute atomic E-state index is 0.223. The molecule has 1 atom stereocenters. The van der Waals surface area contributed by atoms with E-state index in [0.29, 0.717) is 31.1 Å². The summed E-state index contributed by atoms with van der Waals surface area (Å²) in [5, 5.41) is 9.23. The summed E-state index contributed by atoms with van der Waals surface area (Å²) >= 11 is 1.57. The molecule has 1 unspecified atom stereocenters. The highest BCUT2D eigenvalue weighted by Gasteiger charge is 2.33. The zero-order chi connectivity index (χ0) is 14.5. The lowest BCUT2D eigenvalue weighted by Gasteiger charge is -2.32. The Morgan fingerprint density at radius 2 is 2.35 bits per heavy atom. The molecule has 1 amide bonds. The first kappa shape index (κ1) is 14.9. The molecule has 2 heterocycles. The Kier molecular flexibility index (Phi) is 5.08. The van der Waals surface area contributed by atoms with Crippen LogP contribution < -0.4 is 0 Å². The standard InChI is InChI=1S/C13H18N2O4S/c1-19-7-5-14-4-2-3-10(14)12(16)15-6-8-20-9-11(15)13(17)18/h2-4,11H,5-9H2,1H3,(H,17,18). The van der Waals surface area contributed by atoms with E-state index in [0.717, 1.165) is 5.75 Å². The number of rotatable bonds is 5. The molecule has 1 aromatic rings. The third-order valence-electron chi connectivity index (χ3n) is 3.26. The van der Waals surface area contributed by atoms with E-state index < -0.39 is 12.0 Å². The topological polar surface area (TPSA) is 71.8 Å². The number of methoxy groups -OCH3 is 1. The van der Waals surface area contributed by atoms with Crippen LogP contribution in [0.1, 0.15) is 10.5 Å². The SMILES string of the molecule is COCCn1cccc1C(=O)N1CCSCC1C(=O)O. The molecular formula is C13H18N2O4S. The third kappa shape index (κ3) is 3.16. The molecule has 0 aromatic carbocycles. The van der Waals surface area contributed by atoms with Crippen LogP contribution in [-0.4, -0.2) is 64.3 Å². The lowest BCUT2D eigenvalue weighted by Crippen LogP contribution is -2.50. The highest BCUT2D eigenvalue weighted by Crippen LogP contribution is 2.19. The summed E-state index contributed by atoms with van der Waals surface area (Å²) < 4.78 is 6.81. The van der Waals surface area contributed by atoms with Gasteiger partial charge in [-0.2, -0.15) is 11.8 Å². The highest BCUT2D eigenvalue weighted by atomic mass is 32.2. The van der Waals surface area contributed by atoms with Gasteiger partial charge in [0.2, 0.25) is 0 Å². The number of carbonyl (C=O) groups excluding carboxylic acids is 1. The second kappa shape index (κ2) is 6.81. The van der Waals surface area contributed by atoms with E-state index in [-0.39, 0.29) is 5.91 Å². The van der Waals surface area contributed by atoms with Crippen molar-refractivity contribution in [2.45, 2.75) is 12.6 Å². The predicted molar refractivity (Wildman–Crippen MR) is 76.1 cm³/mol. The summed E-state index contributed by atoms with van der Waals surface area (Å²) in [5.41, 5.74) is 0.514. The van der Waals surface area contributed by atoms with Crippen LogP contribution >= 0.6 is 11.8 Å². The number of amides is 1. The van der Waals surface area contributed by atoms with Gasteiger partial charge in [-0.05, 0) is 12.1 Å². The van der Waals surface area contributed by atoms with Crippen molar-refractivity contribution in [3.63, 3.8) is 0 Å². The molecule has 6 nitrogen and oxygen atoms in total. The minimum atomic E-state index is -0.944. The van der Waals surface area contributed by atoms with Crippen LogP contribution in [0.4, 0.5) is 0 Å². The van der Waals surface area contributed by atoms with Crippen LogP contribution in [0.5, 0.6) is 0 Å². The van der Waals surface area contributed by atoms with E-state index >= 15 is 0 Å². The molecule has 1 fully saturated rings. The summed E-state index contributed by atoms with van der Waals surface area (Å²) in [6, 6.07) is 2.77. The molecule has 2 rings (SSSR count). The molecular weight excluding hydrogens is 280 g/mol. The Bertz CT molecular complexity index is 488. The number of hydrogen-bond acceptors (Lipinski definition) is 4. The van der Waals surface area contributed by atoms with Crippen molar-refractivity contribution in [1.29, 1.82) is 0 Å². The maximum Gasteiger partial charge on any atom is 0.327 e. The van der Waals surface area contributed by atoms with Gasteiger partial charge < -0.3 is 19.3 Å². The van der Waals surface area contributed by atoms with Crippen molar-refractivity contribution in [2.75, 3.05) is 31.8 Å². The summed E-state index contributed by atoms with van der Waals surface area (Å²) in [6.45, 7) is 1.55. The van der Waals surface area contributed by atoms with Gasteiger partial charge in [0.15, 0.2) is 0 Å². The first-order valence-corrected chi connectivity index (χ1v) is 7.56. The Hall–Kier alpha value is -1.47. The van der Waals surface area contributed by atoms with Gasteiger partial charge in [-0.3, -0.25) is 4.79 Å². The first-order chi connectivity index (χ1) is 9.65. The number of ether oxygens (including phenoxy) is 1. The summed E-state index contributed by atoms with van der Waals surface area (Å²) in [5.74, 6) is 0.0492. The number of carboxylic acids is 1. The van der Waals surface area contributed by atoms with Crippen LogP contribution in [-0.2, 0) is 16.1 Å². The Balaban J connectivity index is 2.17. The number of thioether (sulfide) groups is 1. The van der Waals surface area contributed by atoms with Gasteiger partial charge >= 0.3 is 5.97 Å². The fourth-order valence-corrected chi connectivity index (χ4v) is 3.23. The average molecular weight is 298 g/mol. The smallest absolute Gasteiger partial charge is 0.327 e. The zero-order valence-electron chi connectivity index (χ0n) is 11.3. The predicted octanol–water partition coefficient (Wildman–Crippen LogP) is 0.777. The van der Waals surface area contributed by atoms with Crippen molar-refractivity contribution in [1.82, 2.24) is 9.47 Å². The van der Waals surface area contributed by atoms with Crippen LogP contribution in [0, 0.1) is 0 Å². The van der Waals surface area contributed by atoms with Gasteiger partial charge in [0.1, 0.15) is 11.7 Å². The average Bonchev–Trinajstić information content (AvgIpc) is 2.92. The number of nitrogens with zero attached hydrogens (tertiary/aromatic N) is 2. The van der Waals surface area contributed by atoms with Crippen molar-refractivity contribution < 1.29 is 19.4 Å². The monoisotopic (exact) mass is 298 g/mol. The van der Waals surface area contributed by atoms with E-state index in [1.807, 2.05) is 0 Å². The van der Waals surface area contributed by atoms with Gasteiger partial charge in [0.05, 0.1) is 6.61 Å². The van der Waals surface area contributed by atoms with Crippen LogP contribution in [0.3, 0.4) is 0 Å². The Labute approximate surface area is 121 Å². The van der Waals surface area contributed by atoms with Crippen LogP contribution in [0.15, 0.2) is 18.3 Å². The second-order valence-electron chi connectivity index (χ2n) is 4.51. The van der Waals surface area contributed by atoms with E-state index in [1.165, 1.54) is 4.90 Å². The minimum Gasteiger partial charge on any atom is -0.480 e. The van der Waals surface area contributed by atoms with Gasteiger partial charge in [0.25, 0.3) is 5.91 Å². The molecule has 1 aromatic heterocycles. The summed E-state index contributed by atoms with van der Waals surface area (Å²) in [6.07, 6.45) is 1.81. The molecule has 20 heavy (non-hydrogen) atoms. The Morgan fingerprint density at radius 3 is 3.05 bits per heavy atom. The molecule has 0 spiro atoms. The maximum absolute atomic E-state index is 12.6. The van der Waals surface area contributed by atoms with E-state index in [2.05, 4.69) is 0 Å². The van der Waals surface area contributed by atoms with Crippen LogP contribution in [0.2, 0.25) is 0 Å². The molecule has 0 aliphatic carbocycles. The molecule has 1 N–H and O–H groups in total.